The van der Waals surface area contributed by atoms with E-state index in [9.17, 15) is 13.2 Å². The zero-order valence-electron chi connectivity index (χ0n) is 16.0. The fraction of sp³-hybridized carbons (Fsp3) is 0.381. The number of sulfonamides is 1. The number of hydrogen-bond donors (Lipinski definition) is 1. The number of hydrogen-bond acceptors (Lipinski definition) is 3. The van der Waals surface area contributed by atoms with Crippen LogP contribution in [-0.2, 0) is 16.4 Å². The lowest BCUT2D eigenvalue weighted by Crippen LogP contribution is -2.32. The third kappa shape index (κ3) is 5.72. The molecule has 5 nitrogen and oxygen atoms in total. The van der Waals surface area contributed by atoms with Gasteiger partial charge in [0.05, 0.1) is 5.02 Å². The van der Waals surface area contributed by atoms with Crippen LogP contribution in [0.5, 0.6) is 0 Å². The van der Waals surface area contributed by atoms with E-state index in [0.29, 0.717) is 31.1 Å². The van der Waals surface area contributed by atoms with Crippen LogP contribution in [0.1, 0.15) is 41.6 Å². The third-order valence-corrected chi connectivity index (χ3v) is 7.62. The Bertz CT molecular complexity index is 954. The summed E-state index contributed by atoms with van der Waals surface area (Å²) >= 11 is 12.1. The summed E-state index contributed by atoms with van der Waals surface area (Å²) in [7, 11) is -3.73. The highest BCUT2D eigenvalue weighted by Gasteiger charge is 2.28. The Morgan fingerprint density at radius 2 is 1.62 bits per heavy atom. The first-order valence-electron chi connectivity index (χ1n) is 9.70. The summed E-state index contributed by atoms with van der Waals surface area (Å²) in [6.07, 6.45) is 4.37. The molecule has 0 spiro atoms. The molecule has 0 atom stereocenters. The van der Waals surface area contributed by atoms with E-state index in [2.05, 4.69) is 5.32 Å². The van der Waals surface area contributed by atoms with Crippen LogP contribution in [0, 0.1) is 0 Å². The fourth-order valence-corrected chi connectivity index (χ4v) is 5.48. The number of carbonyl (C=O) groups is 1. The van der Waals surface area contributed by atoms with E-state index in [0.717, 1.165) is 31.2 Å². The molecule has 0 bridgehead atoms. The van der Waals surface area contributed by atoms with Crippen LogP contribution in [0.15, 0.2) is 47.4 Å². The Morgan fingerprint density at radius 3 is 2.28 bits per heavy atom. The van der Waals surface area contributed by atoms with E-state index in [1.165, 1.54) is 16.4 Å². The molecule has 2 aromatic rings. The quantitative estimate of drug-likeness (QED) is 0.696. The standard InChI is InChI=1S/C21H24Cl2N2O3S/c22-18-8-5-16(6-9-18)11-12-24-21(26)17-7-10-19(23)20(15-17)29(27,28)25-13-3-1-2-4-14-25/h5-10,15H,1-4,11-14H2,(H,24,26). The molecule has 1 N–H and O–H groups in total. The maximum atomic E-state index is 13.1. The smallest absolute Gasteiger partial charge is 0.251 e. The summed E-state index contributed by atoms with van der Waals surface area (Å²) in [5.74, 6) is -0.331. The van der Waals surface area contributed by atoms with Gasteiger partial charge < -0.3 is 5.32 Å². The Kier molecular flexibility index (Phi) is 7.57. The minimum absolute atomic E-state index is 0.00795. The molecule has 1 aliphatic rings. The molecule has 0 radical (unpaired) electrons. The first-order chi connectivity index (χ1) is 13.9. The van der Waals surface area contributed by atoms with E-state index < -0.39 is 10.0 Å². The minimum atomic E-state index is -3.73. The predicted molar refractivity (Wildman–Crippen MR) is 116 cm³/mol. The van der Waals surface area contributed by atoms with E-state index in [4.69, 9.17) is 23.2 Å². The van der Waals surface area contributed by atoms with Gasteiger partial charge in [-0.3, -0.25) is 4.79 Å². The van der Waals surface area contributed by atoms with Gasteiger partial charge in [-0.15, -0.1) is 0 Å². The number of carbonyl (C=O) groups excluding carboxylic acids is 1. The second-order valence-corrected chi connectivity index (χ2v) is 9.85. The SMILES string of the molecule is O=C(NCCc1ccc(Cl)cc1)c1ccc(Cl)c(S(=O)(=O)N2CCCCCC2)c1. The van der Waals surface area contributed by atoms with Gasteiger partial charge in [0.25, 0.3) is 5.91 Å². The van der Waals surface area contributed by atoms with Crippen molar-refractivity contribution in [1.29, 1.82) is 0 Å². The molecule has 1 saturated heterocycles. The molecule has 2 aromatic carbocycles. The molecule has 1 aliphatic heterocycles. The largest absolute Gasteiger partial charge is 0.352 e. The molecule has 0 saturated carbocycles. The van der Waals surface area contributed by atoms with Crippen LogP contribution in [0.2, 0.25) is 10.0 Å². The average Bonchev–Trinajstić information content (AvgIpc) is 3.00. The van der Waals surface area contributed by atoms with Crippen molar-refractivity contribution < 1.29 is 13.2 Å². The van der Waals surface area contributed by atoms with Gasteiger partial charge in [-0.2, -0.15) is 4.31 Å². The number of rotatable bonds is 6. The number of halogens is 2. The molecular formula is C21H24Cl2N2O3S. The molecule has 0 aromatic heterocycles. The van der Waals surface area contributed by atoms with Crippen LogP contribution in [0.25, 0.3) is 0 Å². The molecule has 156 valence electrons. The highest BCUT2D eigenvalue weighted by molar-refractivity contribution is 7.89. The summed E-state index contributed by atoms with van der Waals surface area (Å²) in [4.78, 5) is 12.5. The Labute approximate surface area is 182 Å². The third-order valence-electron chi connectivity index (χ3n) is 4.99. The Balaban J connectivity index is 1.70. The lowest BCUT2D eigenvalue weighted by molar-refractivity contribution is 0.0954. The van der Waals surface area contributed by atoms with Gasteiger partial charge in [0.15, 0.2) is 0 Å². The Hall–Kier alpha value is -1.60. The lowest BCUT2D eigenvalue weighted by Gasteiger charge is -2.21. The van der Waals surface area contributed by atoms with Crippen molar-refractivity contribution in [3.05, 3.63) is 63.6 Å². The molecular weight excluding hydrogens is 431 g/mol. The number of amides is 1. The van der Waals surface area contributed by atoms with Gasteiger partial charge >= 0.3 is 0 Å². The van der Waals surface area contributed by atoms with E-state index in [1.54, 1.807) is 18.2 Å². The van der Waals surface area contributed by atoms with Crippen molar-refractivity contribution in [2.75, 3.05) is 19.6 Å². The summed E-state index contributed by atoms with van der Waals surface area (Å²) < 4.78 is 27.6. The van der Waals surface area contributed by atoms with Gasteiger partial charge in [-0.25, -0.2) is 8.42 Å². The molecule has 0 aliphatic carbocycles. The van der Waals surface area contributed by atoms with Crippen LogP contribution >= 0.6 is 23.2 Å². The zero-order chi connectivity index (χ0) is 20.9. The molecule has 29 heavy (non-hydrogen) atoms. The summed E-state index contributed by atoms with van der Waals surface area (Å²) in [6.45, 7) is 1.39. The van der Waals surface area contributed by atoms with Crippen molar-refractivity contribution in [3.8, 4) is 0 Å². The molecule has 3 rings (SSSR count). The van der Waals surface area contributed by atoms with Crippen LogP contribution < -0.4 is 5.32 Å². The average molecular weight is 455 g/mol. The van der Waals surface area contributed by atoms with Crippen molar-refractivity contribution in [3.63, 3.8) is 0 Å². The molecule has 1 heterocycles. The zero-order valence-corrected chi connectivity index (χ0v) is 18.4. The van der Waals surface area contributed by atoms with Crippen LogP contribution in [0.3, 0.4) is 0 Å². The van der Waals surface area contributed by atoms with Crippen molar-refractivity contribution in [2.45, 2.75) is 37.0 Å². The maximum absolute atomic E-state index is 13.1. The Morgan fingerprint density at radius 1 is 0.966 bits per heavy atom. The first kappa shape index (κ1) is 22.1. The van der Waals surface area contributed by atoms with Crippen LogP contribution in [-0.4, -0.2) is 38.3 Å². The summed E-state index contributed by atoms with van der Waals surface area (Å²) in [5.41, 5.74) is 1.33. The molecule has 8 heteroatoms. The normalized spacial score (nSPS) is 15.7. The fourth-order valence-electron chi connectivity index (χ4n) is 3.34. The monoisotopic (exact) mass is 454 g/mol. The van der Waals surface area contributed by atoms with Gasteiger partial charge in [0, 0.05) is 30.2 Å². The van der Waals surface area contributed by atoms with Crippen molar-refractivity contribution >= 4 is 39.1 Å². The maximum Gasteiger partial charge on any atom is 0.251 e. The molecule has 1 fully saturated rings. The van der Waals surface area contributed by atoms with Crippen molar-refractivity contribution in [2.24, 2.45) is 0 Å². The van der Waals surface area contributed by atoms with Gasteiger partial charge in [-0.1, -0.05) is 48.2 Å². The van der Waals surface area contributed by atoms with Gasteiger partial charge in [0.1, 0.15) is 4.90 Å². The molecule has 1 amide bonds. The topological polar surface area (TPSA) is 66.5 Å². The second-order valence-electron chi connectivity index (χ2n) is 7.10. The first-order valence-corrected chi connectivity index (χ1v) is 11.9. The van der Waals surface area contributed by atoms with E-state index in [1.807, 2.05) is 12.1 Å². The van der Waals surface area contributed by atoms with Gasteiger partial charge in [-0.05, 0) is 55.2 Å². The summed E-state index contributed by atoms with van der Waals surface area (Å²) in [5, 5.41) is 3.62. The van der Waals surface area contributed by atoms with E-state index >= 15 is 0 Å². The molecule has 0 unspecified atom stereocenters. The number of nitrogens with zero attached hydrogens (tertiary/aromatic N) is 1. The highest BCUT2D eigenvalue weighted by atomic mass is 35.5. The predicted octanol–water partition coefficient (Wildman–Crippen LogP) is 4.53. The minimum Gasteiger partial charge on any atom is -0.352 e. The lowest BCUT2D eigenvalue weighted by atomic mass is 10.1. The highest BCUT2D eigenvalue weighted by Crippen LogP contribution is 2.27. The number of nitrogens with one attached hydrogen (secondary N) is 1. The van der Waals surface area contributed by atoms with Crippen LogP contribution in [0.4, 0.5) is 0 Å². The van der Waals surface area contributed by atoms with E-state index in [-0.39, 0.29) is 21.4 Å². The number of benzene rings is 2. The second kappa shape index (κ2) is 9.94. The van der Waals surface area contributed by atoms with Crippen molar-refractivity contribution in [1.82, 2.24) is 9.62 Å². The summed E-state index contributed by atoms with van der Waals surface area (Å²) in [6, 6.07) is 11.8. The van der Waals surface area contributed by atoms with Gasteiger partial charge in [0.2, 0.25) is 10.0 Å².